The predicted octanol–water partition coefficient (Wildman–Crippen LogP) is 7.02. The van der Waals surface area contributed by atoms with E-state index in [0.29, 0.717) is 18.9 Å². The molecule has 5 rings (SSSR count). The fourth-order valence-electron chi connectivity index (χ4n) is 4.92. The topological polar surface area (TPSA) is 58.9 Å². The second-order valence-electron chi connectivity index (χ2n) is 9.61. The quantitative estimate of drug-likeness (QED) is 0.171. The third-order valence-electron chi connectivity index (χ3n) is 7.03. The molecular weight excluding hydrogens is 632 g/mol. The number of aryl methyl sites for hydroxylation is 2. The summed E-state index contributed by atoms with van der Waals surface area (Å²) in [5, 5.41) is 2.64. The smallest absolute Gasteiger partial charge is 0.406 e. The number of ether oxygens (including phenoxy) is 1. The third kappa shape index (κ3) is 7.89. The Hall–Kier alpha value is -3.28. The van der Waals surface area contributed by atoms with Crippen molar-refractivity contribution in [2.45, 2.75) is 51.9 Å². The van der Waals surface area contributed by atoms with Crippen molar-refractivity contribution in [1.29, 1.82) is 0 Å². The fourth-order valence-corrected chi connectivity index (χ4v) is 5.36. The minimum absolute atomic E-state index is 0.187. The molecule has 1 saturated heterocycles. The Balaban J connectivity index is 0.000000236. The molecule has 1 aliphatic heterocycles. The Labute approximate surface area is 245 Å². The summed E-state index contributed by atoms with van der Waals surface area (Å²) in [6.45, 7) is 6.54. The van der Waals surface area contributed by atoms with Crippen molar-refractivity contribution in [3.63, 3.8) is 0 Å². The lowest BCUT2D eigenvalue weighted by Gasteiger charge is -2.34. The maximum absolute atomic E-state index is 12.2. The maximum Gasteiger partial charge on any atom is 0.573 e. The van der Waals surface area contributed by atoms with Crippen LogP contribution < -0.4 is 15.0 Å². The summed E-state index contributed by atoms with van der Waals surface area (Å²) < 4.78 is 44.0. The molecule has 10 heteroatoms. The number of hydrogen-bond donors (Lipinski definition) is 1. The van der Waals surface area contributed by atoms with E-state index in [-0.39, 0.29) is 5.75 Å². The van der Waals surface area contributed by atoms with Gasteiger partial charge < -0.3 is 19.4 Å². The zero-order valence-electron chi connectivity index (χ0n) is 22.4. The van der Waals surface area contributed by atoms with E-state index >= 15 is 0 Å². The van der Waals surface area contributed by atoms with E-state index in [0.717, 1.165) is 54.8 Å². The minimum atomic E-state index is -4.66. The highest BCUT2D eigenvalue weighted by Crippen LogP contribution is 2.32. The van der Waals surface area contributed by atoms with E-state index in [9.17, 15) is 18.0 Å². The number of carbonyl (C=O) groups is 1. The van der Waals surface area contributed by atoms with Gasteiger partial charge >= 0.3 is 6.36 Å². The molecule has 1 fully saturated rings. The molecule has 0 unspecified atom stereocenters. The van der Waals surface area contributed by atoms with Gasteiger partial charge in [-0.3, -0.25) is 4.79 Å². The molecule has 3 heterocycles. The van der Waals surface area contributed by atoms with Crippen LogP contribution in [0, 0.1) is 10.5 Å². The number of benzene rings is 2. The Morgan fingerprint density at radius 1 is 1.07 bits per heavy atom. The van der Waals surface area contributed by atoms with Crippen LogP contribution in [0.3, 0.4) is 0 Å². The normalized spacial score (nSPS) is 14.0. The van der Waals surface area contributed by atoms with Crippen molar-refractivity contribution in [1.82, 2.24) is 14.7 Å². The van der Waals surface area contributed by atoms with E-state index in [2.05, 4.69) is 79.1 Å². The number of aromatic nitrogens is 2. The SMILES string of the molecule is CCc1nc2cc(I)ccn2c1C.O=CNCc1ccc(N2CCC(c3ccc(OC(F)(F)F)cc3)CC2)cc1. The van der Waals surface area contributed by atoms with Crippen molar-refractivity contribution in [2.75, 3.05) is 18.0 Å². The van der Waals surface area contributed by atoms with E-state index < -0.39 is 6.36 Å². The lowest BCUT2D eigenvalue weighted by molar-refractivity contribution is -0.274. The molecule has 1 aliphatic rings. The summed E-state index contributed by atoms with van der Waals surface area (Å²) in [7, 11) is 0. The van der Waals surface area contributed by atoms with Gasteiger partial charge in [0.2, 0.25) is 6.41 Å². The average molecular weight is 665 g/mol. The van der Waals surface area contributed by atoms with Crippen LogP contribution >= 0.6 is 22.6 Å². The van der Waals surface area contributed by atoms with Crippen LogP contribution in [-0.4, -0.2) is 35.2 Å². The molecule has 4 aromatic rings. The van der Waals surface area contributed by atoms with Gasteiger partial charge in [0.1, 0.15) is 11.4 Å². The first-order valence-corrected chi connectivity index (χ1v) is 14.2. The first-order chi connectivity index (χ1) is 19.2. The lowest BCUT2D eigenvalue weighted by atomic mass is 9.89. The van der Waals surface area contributed by atoms with Gasteiger partial charge in [0.05, 0.1) is 5.69 Å². The first-order valence-electron chi connectivity index (χ1n) is 13.2. The zero-order chi connectivity index (χ0) is 28.7. The molecule has 0 bridgehead atoms. The Morgan fingerprint density at radius 3 is 2.35 bits per heavy atom. The minimum Gasteiger partial charge on any atom is -0.406 e. The first kappa shape index (κ1) is 29.7. The molecule has 0 spiro atoms. The van der Waals surface area contributed by atoms with Crippen LogP contribution in [0.15, 0.2) is 66.9 Å². The molecule has 0 atom stereocenters. The molecular formula is C30H32F3IN4O2. The van der Waals surface area contributed by atoms with Gasteiger partial charge in [-0.15, -0.1) is 13.2 Å². The van der Waals surface area contributed by atoms with Crippen LogP contribution in [-0.2, 0) is 17.8 Å². The molecule has 0 saturated carbocycles. The number of alkyl halides is 3. The lowest BCUT2D eigenvalue weighted by Crippen LogP contribution is -2.32. The van der Waals surface area contributed by atoms with Gasteiger partial charge in [0, 0.05) is 40.8 Å². The van der Waals surface area contributed by atoms with E-state index in [1.54, 1.807) is 12.1 Å². The van der Waals surface area contributed by atoms with Gasteiger partial charge in [-0.05, 0) is 102 Å². The number of nitrogens with one attached hydrogen (secondary N) is 1. The molecule has 1 amide bonds. The van der Waals surface area contributed by atoms with E-state index in [1.807, 2.05) is 24.3 Å². The summed E-state index contributed by atoms with van der Waals surface area (Å²) in [4.78, 5) is 17.2. The number of anilines is 1. The van der Waals surface area contributed by atoms with Gasteiger partial charge in [-0.25, -0.2) is 4.98 Å². The van der Waals surface area contributed by atoms with Gasteiger partial charge in [0.15, 0.2) is 0 Å². The molecule has 1 N–H and O–H groups in total. The number of halogens is 4. The number of amides is 1. The zero-order valence-corrected chi connectivity index (χ0v) is 24.6. The fraction of sp³-hybridized carbons (Fsp3) is 0.333. The Kier molecular flexibility index (Phi) is 9.94. The summed E-state index contributed by atoms with van der Waals surface area (Å²) in [6, 6.07) is 18.5. The van der Waals surface area contributed by atoms with Crippen molar-refractivity contribution in [3.05, 3.63) is 92.9 Å². The summed E-state index contributed by atoms with van der Waals surface area (Å²) in [5.74, 6) is 0.144. The van der Waals surface area contributed by atoms with Crippen molar-refractivity contribution < 1.29 is 22.7 Å². The van der Waals surface area contributed by atoms with E-state index in [4.69, 9.17) is 0 Å². The van der Waals surface area contributed by atoms with Crippen LogP contribution in [0.2, 0.25) is 0 Å². The summed E-state index contributed by atoms with van der Waals surface area (Å²) >= 11 is 2.31. The molecule has 0 radical (unpaired) electrons. The van der Waals surface area contributed by atoms with Crippen molar-refractivity contribution in [2.24, 2.45) is 0 Å². The standard InChI is InChI=1S/C20H21F3N2O2.C10H11IN2/c21-20(22,23)27-19-7-3-16(4-8-19)17-9-11-25(12-10-17)18-5-1-15(2-6-18)13-24-14-26;1-3-9-7(2)13-5-4-8(11)6-10(13)12-9/h1-8,14,17H,9-13H2,(H,24,26);4-6H,3H2,1-2H3. The van der Waals surface area contributed by atoms with Crippen LogP contribution in [0.25, 0.3) is 5.65 Å². The Morgan fingerprint density at radius 2 is 1.75 bits per heavy atom. The number of hydrogen-bond acceptors (Lipinski definition) is 4. The van der Waals surface area contributed by atoms with Gasteiger partial charge in [-0.2, -0.15) is 0 Å². The third-order valence-corrected chi connectivity index (χ3v) is 7.70. The van der Waals surface area contributed by atoms with Crippen molar-refractivity contribution in [3.8, 4) is 5.75 Å². The number of imidazole rings is 1. The largest absolute Gasteiger partial charge is 0.573 e. The molecule has 2 aromatic heterocycles. The number of nitrogens with zero attached hydrogens (tertiary/aromatic N) is 3. The van der Waals surface area contributed by atoms with E-state index in [1.165, 1.54) is 27.1 Å². The van der Waals surface area contributed by atoms with Crippen LogP contribution in [0.5, 0.6) is 5.75 Å². The highest BCUT2D eigenvalue weighted by atomic mass is 127. The number of piperidine rings is 1. The number of pyridine rings is 1. The number of rotatable bonds is 7. The molecule has 40 heavy (non-hydrogen) atoms. The molecule has 212 valence electrons. The molecule has 6 nitrogen and oxygen atoms in total. The van der Waals surface area contributed by atoms with Crippen molar-refractivity contribution >= 4 is 40.3 Å². The second kappa shape index (κ2) is 13.4. The van der Waals surface area contributed by atoms with Crippen LogP contribution in [0.1, 0.15) is 48.2 Å². The highest BCUT2D eigenvalue weighted by molar-refractivity contribution is 14.1. The molecule has 2 aromatic carbocycles. The number of fused-ring (bicyclic) bond motifs is 1. The van der Waals surface area contributed by atoms with Gasteiger partial charge in [-0.1, -0.05) is 31.2 Å². The Bertz CT molecular complexity index is 1400. The summed E-state index contributed by atoms with van der Waals surface area (Å²) in [5.41, 5.74) is 6.73. The van der Waals surface area contributed by atoms with Gasteiger partial charge in [0.25, 0.3) is 0 Å². The van der Waals surface area contributed by atoms with Crippen LogP contribution in [0.4, 0.5) is 18.9 Å². The number of carbonyl (C=O) groups excluding carboxylic acids is 1. The predicted molar refractivity (Wildman–Crippen MR) is 159 cm³/mol. The highest BCUT2D eigenvalue weighted by Gasteiger charge is 2.31. The molecule has 0 aliphatic carbocycles. The monoisotopic (exact) mass is 664 g/mol. The second-order valence-corrected chi connectivity index (χ2v) is 10.9. The summed E-state index contributed by atoms with van der Waals surface area (Å²) in [6.07, 6.45) is 0.983. The maximum atomic E-state index is 12.2. The average Bonchev–Trinajstić information content (AvgIpc) is 3.26.